The fraction of sp³-hybridized carbons (Fsp3) is 0.769. The van der Waals surface area contributed by atoms with Crippen molar-refractivity contribution in [1.29, 1.82) is 0 Å². The third kappa shape index (κ3) is 29.3. The lowest BCUT2D eigenvalue weighted by Crippen LogP contribution is -2.00. The van der Waals surface area contributed by atoms with Crippen LogP contribution in [0.2, 0.25) is 0 Å². The summed E-state index contributed by atoms with van der Waals surface area (Å²) < 4.78 is 8.81. The maximum Gasteiger partial charge on any atom is 0.305 e. The molecule has 0 rings (SSSR count). The van der Waals surface area contributed by atoms with Gasteiger partial charge in [-0.1, -0.05) is 20.8 Å². The van der Waals surface area contributed by atoms with Crippen molar-refractivity contribution in [2.75, 3.05) is 13.7 Å². The average molecular weight is 262 g/mol. The average Bonchev–Trinajstić information content (AvgIpc) is 2.39. The molecule has 0 saturated carbocycles. The molecule has 0 spiro atoms. The van der Waals surface area contributed by atoms with E-state index in [1.54, 1.807) is 27.7 Å². The van der Waals surface area contributed by atoms with E-state index < -0.39 is 0 Å². The number of carbonyl (C=O) groups excluding carboxylic acids is 3. The van der Waals surface area contributed by atoms with Crippen molar-refractivity contribution in [3.8, 4) is 0 Å². The molecule has 0 radical (unpaired) electrons. The highest BCUT2D eigenvalue weighted by Gasteiger charge is 1.91. The van der Waals surface area contributed by atoms with Crippen molar-refractivity contribution in [3.05, 3.63) is 0 Å². The molecule has 0 saturated heterocycles. The summed E-state index contributed by atoms with van der Waals surface area (Å²) in [5.41, 5.74) is 0. The number of rotatable bonds is 4. The Morgan fingerprint density at radius 1 is 0.833 bits per heavy atom. The molecule has 0 amide bonds. The Morgan fingerprint density at radius 3 is 1.28 bits per heavy atom. The van der Waals surface area contributed by atoms with Gasteiger partial charge < -0.3 is 14.3 Å². The second-order valence-electron chi connectivity index (χ2n) is 3.14. The summed E-state index contributed by atoms with van der Waals surface area (Å²) in [6.07, 6.45) is 1.62. The van der Waals surface area contributed by atoms with Crippen molar-refractivity contribution in [2.45, 2.75) is 53.9 Å². The van der Waals surface area contributed by atoms with Crippen LogP contribution in [0.1, 0.15) is 53.9 Å². The molecule has 5 heteroatoms. The summed E-state index contributed by atoms with van der Waals surface area (Å²) in [5.74, 6) is -0.0255. The van der Waals surface area contributed by atoms with Crippen molar-refractivity contribution in [3.63, 3.8) is 0 Å². The van der Waals surface area contributed by atoms with Crippen LogP contribution in [0.3, 0.4) is 0 Å². The number of ketones is 1. The minimum absolute atomic E-state index is 0.123. The molecule has 0 aromatic carbocycles. The minimum atomic E-state index is -0.157. The van der Waals surface area contributed by atoms with Crippen LogP contribution in [0, 0.1) is 0 Å². The predicted molar refractivity (Wildman–Crippen MR) is 70.2 cm³/mol. The number of hydrogen-bond acceptors (Lipinski definition) is 5. The monoisotopic (exact) mass is 262 g/mol. The zero-order valence-electron chi connectivity index (χ0n) is 12.4. The summed E-state index contributed by atoms with van der Waals surface area (Å²) in [6, 6.07) is 0. The molecular weight excluding hydrogens is 236 g/mol. The van der Waals surface area contributed by atoms with Gasteiger partial charge in [-0.15, -0.1) is 0 Å². The topological polar surface area (TPSA) is 69.7 Å². The van der Waals surface area contributed by atoms with Gasteiger partial charge in [-0.2, -0.15) is 0 Å². The summed E-state index contributed by atoms with van der Waals surface area (Å²) >= 11 is 0. The van der Waals surface area contributed by atoms with Gasteiger partial charge in [-0.25, -0.2) is 0 Å². The third-order valence-electron chi connectivity index (χ3n) is 1.61. The van der Waals surface area contributed by atoms with Crippen molar-refractivity contribution in [2.24, 2.45) is 0 Å². The van der Waals surface area contributed by atoms with Gasteiger partial charge in [0.25, 0.3) is 0 Å². The maximum absolute atomic E-state index is 10.2. The molecule has 18 heavy (non-hydrogen) atoms. The first-order valence-corrected chi connectivity index (χ1v) is 6.11. The van der Waals surface area contributed by atoms with Crippen LogP contribution in [0.25, 0.3) is 0 Å². The summed E-state index contributed by atoms with van der Waals surface area (Å²) in [7, 11) is 1.38. The third-order valence-corrected chi connectivity index (χ3v) is 1.61. The summed E-state index contributed by atoms with van der Waals surface area (Å²) in [5, 5.41) is 0. The molecule has 0 aromatic heterocycles. The number of esters is 2. The number of methoxy groups -OCH3 is 1. The molecule has 0 aliphatic rings. The van der Waals surface area contributed by atoms with Crippen LogP contribution in [0.5, 0.6) is 0 Å². The van der Waals surface area contributed by atoms with Crippen molar-refractivity contribution < 1.29 is 23.9 Å². The number of ether oxygens (including phenoxy) is 2. The van der Waals surface area contributed by atoms with E-state index >= 15 is 0 Å². The second-order valence-corrected chi connectivity index (χ2v) is 3.14. The molecular formula is C13H26O5. The molecule has 0 aliphatic heterocycles. The van der Waals surface area contributed by atoms with Crippen LogP contribution in [0.15, 0.2) is 0 Å². The lowest BCUT2D eigenvalue weighted by atomic mass is 10.4. The highest BCUT2D eigenvalue weighted by atomic mass is 16.5. The van der Waals surface area contributed by atoms with Gasteiger partial charge in [0.2, 0.25) is 0 Å². The number of hydrogen-bond donors (Lipinski definition) is 0. The van der Waals surface area contributed by atoms with Crippen molar-refractivity contribution in [1.82, 2.24) is 0 Å². The number of Topliss-reactive ketones (excluding diaryl/α,β-unsaturated/α-hetero) is 1. The first kappa shape index (κ1) is 21.9. The smallest absolute Gasteiger partial charge is 0.305 e. The summed E-state index contributed by atoms with van der Waals surface area (Å²) in [4.78, 5) is 30.0. The van der Waals surface area contributed by atoms with Gasteiger partial charge in [0.1, 0.15) is 5.78 Å². The molecule has 0 unspecified atom stereocenters. The van der Waals surface area contributed by atoms with Gasteiger partial charge in [0.05, 0.1) is 13.7 Å². The van der Waals surface area contributed by atoms with E-state index in [-0.39, 0.29) is 17.7 Å². The fourth-order valence-corrected chi connectivity index (χ4v) is 0.407. The van der Waals surface area contributed by atoms with Crippen LogP contribution in [-0.4, -0.2) is 31.4 Å². The Bertz CT molecular complexity index is 217. The quantitative estimate of drug-likeness (QED) is 0.728. The largest absolute Gasteiger partial charge is 0.469 e. The Labute approximate surface area is 110 Å². The lowest BCUT2D eigenvalue weighted by Gasteiger charge is -1.93. The van der Waals surface area contributed by atoms with E-state index in [2.05, 4.69) is 9.47 Å². The number of carbonyl (C=O) groups is 3. The highest BCUT2D eigenvalue weighted by molar-refractivity contribution is 5.74. The molecule has 0 N–H and O–H groups in total. The highest BCUT2D eigenvalue weighted by Crippen LogP contribution is 1.80. The predicted octanol–water partition coefficient (Wildman–Crippen LogP) is 2.51. The van der Waals surface area contributed by atoms with E-state index in [4.69, 9.17) is 0 Å². The van der Waals surface area contributed by atoms with Gasteiger partial charge in [-0.3, -0.25) is 9.59 Å². The first-order valence-electron chi connectivity index (χ1n) is 6.11. The first-order chi connectivity index (χ1) is 8.39. The van der Waals surface area contributed by atoms with Crippen LogP contribution in [0.4, 0.5) is 0 Å². The molecule has 0 aromatic rings. The maximum atomic E-state index is 10.2. The van der Waals surface area contributed by atoms with Gasteiger partial charge >= 0.3 is 11.9 Å². The van der Waals surface area contributed by atoms with E-state index in [1.165, 1.54) is 7.11 Å². The Kier molecular flexibility index (Phi) is 21.8. The van der Waals surface area contributed by atoms with Gasteiger partial charge in [0.15, 0.2) is 0 Å². The summed E-state index contributed by atoms with van der Waals surface area (Å²) in [6.45, 7) is 9.26. The molecule has 0 atom stereocenters. The van der Waals surface area contributed by atoms with E-state index in [0.717, 1.165) is 0 Å². The molecule has 108 valence electrons. The Morgan fingerprint density at radius 2 is 1.22 bits per heavy atom. The zero-order chi connectivity index (χ0) is 15.0. The minimum Gasteiger partial charge on any atom is -0.469 e. The van der Waals surface area contributed by atoms with Crippen LogP contribution in [-0.2, 0) is 23.9 Å². The fourth-order valence-electron chi connectivity index (χ4n) is 0.407. The molecule has 0 heterocycles. The SMILES string of the molecule is CCC(=O)OC.CCC(C)=O.CCOC(=O)CC. The van der Waals surface area contributed by atoms with Gasteiger partial charge in [0, 0.05) is 19.3 Å². The van der Waals surface area contributed by atoms with Crippen LogP contribution < -0.4 is 0 Å². The second kappa shape index (κ2) is 18.0. The lowest BCUT2D eigenvalue weighted by molar-refractivity contribution is -0.143. The van der Waals surface area contributed by atoms with Crippen LogP contribution >= 0.6 is 0 Å². The molecule has 5 nitrogen and oxygen atoms in total. The normalized spacial score (nSPS) is 7.89. The standard InChI is InChI=1S/C5H10O2.C4H8O2.C4H8O/c1-3-5(6)7-4-2;1-3-4(5)6-2;1-3-4(2)5/h3-4H2,1-2H3;3H2,1-2H3;3H2,1-2H3. The van der Waals surface area contributed by atoms with Crippen molar-refractivity contribution >= 4 is 17.7 Å². The molecule has 0 fully saturated rings. The van der Waals surface area contributed by atoms with E-state index in [1.807, 2.05) is 6.92 Å². The van der Waals surface area contributed by atoms with E-state index in [0.29, 0.717) is 25.9 Å². The molecule has 0 aliphatic carbocycles. The Balaban J connectivity index is -0.000000190. The molecule has 0 bridgehead atoms. The van der Waals surface area contributed by atoms with Gasteiger partial charge in [-0.05, 0) is 13.8 Å². The Hall–Kier alpha value is -1.39. The zero-order valence-corrected chi connectivity index (χ0v) is 12.4. The van der Waals surface area contributed by atoms with E-state index in [9.17, 15) is 14.4 Å².